The van der Waals surface area contributed by atoms with Gasteiger partial charge < -0.3 is 9.64 Å². The molecule has 0 bridgehead atoms. The molecule has 1 aromatic rings. The minimum atomic E-state index is -0.476. The fourth-order valence-electron chi connectivity index (χ4n) is 1.51. The van der Waals surface area contributed by atoms with Crippen molar-refractivity contribution >= 4 is 6.08 Å². The van der Waals surface area contributed by atoms with Gasteiger partial charge in [0.05, 0.1) is 12.0 Å². The molecule has 5 nitrogen and oxygen atoms in total. The Kier molecular flexibility index (Phi) is 4.66. The standard InChI is InChI=1S/C12H16N2O3/c1-13(2)9-11-8-10(6-7-14(15)16)4-5-12(11)17-3/h4-8H,9H2,1-3H3/b7-6+. The van der Waals surface area contributed by atoms with E-state index in [1.165, 1.54) is 6.08 Å². The first-order chi connectivity index (χ1) is 8.02. The Morgan fingerprint density at radius 2 is 2.18 bits per heavy atom. The topological polar surface area (TPSA) is 55.6 Å². The van der Waals surface area contributed by atoms with Crippen LogP contribution in [0.1, 0.15) is 11.1 Å². The third-order valence-corrected chi connectivity index (χ3v) is 2.18. The van der Waals surface area contributed by atoms with E-state index in [1.807, 2.05) is 31.1 Å². The summed E-state index contributed by atoms with van der Waals surface area (Å²) < 4.78 is 5.24. The molecule has 0 N–H and O–H groups in total. The number of hydrogen-bond acceptors (Lipinski definition) is 4. The Balaban J connectivity index is 2.99. The van der Waals surface area contributed by atoms with Crippen molar-refractivity contribution in [3.63, 3.8) is 0 Å². The van der Waals surface area contributed by atoms with Crippen LogP contribution in [0.25, 0.3) is 6.08 Å². The first-order valence-electron chi connectivity index (χ1n) is 5.16. The molecule has 17 heavy (non-hydrogen) atoms. The summed E-state index contributed by atoms with van der Waals surface area (Å²) in [5, 5.41) is 10.2. The van der Waals surface area contributed by atoms with E-state index in [4.69, 9.17) is 4.74 Å². The van der Waals surface area contributed by atoms with Gasteiger partial charge in [-0.25, -0.2) is 0 Å². The zero-order valence-electron chi connectivity index (χ0n) is 10.2. The molecule has 0 spiro atoms. The van der Waals surface area contributed by atoms with Crippen LogP contribution in [0.2, 0.25) is 0 Å². The van der Waals surface area contributed by atoms with Gasteiger partial charge in [0.1, 0.15) is 5.75 Å². The maximum atomic E-state index is 10.2. The Hall–Kier alpha value is -1.88. The van der Waals surface area contributed by atoms with Gasteiger partial charge in [-0.05, 0) is 31.8 Å². The molecule has 0 aliphatic rings. The van der Waals surface area contributed by atoms with Crippen LogP contribution in [0.3, 0.4) is 0 Å². The Morgan fingerprint density at radius 3 is 2.71 bits per heavy atom. The van der Waals surface area contributed by atoms with Crippen molar-refractivity contribution in [2.45, 2.75) is 6.54 Å². The second kappa shape index (κ2) is 6.00. The minimum absolute atomic E-state index is 0.476. The quantitative estimate of drug-likeness (QED) is 0.579. The predicted molar refractivity (Wildman–Crippen MR) is 66.4 cm³/mol. The molecular formula is C12H16N2O3. The molecular weight excluding hydrogens is 220 g/mol. The van der Waals surface area contributed by atoms with Gasteiger partial charge in [0, 0.05) is 18.2 Å². The van der Waals surface area contributed by atoms with E-state index in [1.54, 1.807) is 13.2 Å². The lowest BCUT2D eigenvalue weighted by Gasteiger charge is -2.13. The van der Waals surface area contributed by atoms with E-state index in [2.05, 4.69) is 0 Å². The van der Waals surface area contributed by atoms with Gasteiger partial charge in [-0.3, -0.25) is 10.1 Å². The van der Waals surface area contributed by atoms with Crippen molar-refractivity contribution in [3.05, 3.63) is 45.6 Å². The molecule has 0 aliphatic carbocycles. The van der Waals surface area contributed by atoms with E-state index >= 15 is 0 Å². The second-order valence-electron chi connectivity index (χ2n) is 3.91. The Labute approximate surface area is 100 Å². The highest BCUT2D eigenvalue weighted by molar-refractivity contribution is 5.52. The first-order valence-corrected chi connectivity index (χ1v) is 5.16. The lowest BCUT2D eigenvalue weighted by molar-refractivity contribution is -0.400. The van der Waals surface area contributed by atoms with Crippen molar-refractivity contribution in [1.29, 1.82) is 0 Å². The number of hydrogen-bond donors (Lipinski definition) is 0. The summed E-state index contributed by atoms with van der Waals surface area (Å²) in [6.07, 6.45) is 2.40. The van der Waals surface area contributed by atoms with Crippen LogP contribution in [-0.2, 0) is 6.54 Å². The first kappa shape index (κ1) is 13.2. The van der Waals surface area contributed by atoms with Crippen LogP contribution < -0.4 is 4.74 Å². The fourth-order valence-corrected chi connectivity index (χ4v) is 1.51. The summed E-state index contributed by atoms with van der Waals surface area (Å²) in [6, 6.07) is 5.50. The zero-order valence-corrected chi connectivity index (χ0v) is 10.2. The third kappa shape index (κ3) is 4.24. The Bertz CT molecular complexity index is 428. The van der Waals surface area contributed by atoms with Gasteiger partial charge in [0.2, 0.25) is 6.20 Å². The molecule has 0 saturated heterocycles. The molecule has 0 fully saturated rings. The highest BCUT2D eigenvalue weighted by Gasteiger charge is 2.05. The smallest absolute Gasteiger partial charge is 0.235 e. The number of nitrogens with zero attached hydrogens (tertiary/aromatic N) is 2. The van der Waals surface area contributed by atoms with Crippen molar-refractivity contribution in [1.82, 2.24) is 4.90 Å². The molecule has 5 heteroatoms. The summed E-state index contributed by atoms with van der Waals surface area (Å²) in [6.45, 7) is 0.726. The van der Waals surface area contributed by atoms with E-state index in [0.717, 1.165) is 29.6 Å². The molecule has 0 atom stereocenters. The summed E-state index contributed by atoms with van der Waals surface area (Å²) in [4.78, 5) is 11.8. The van der Waals surface area contributed by atoms with Gasteiger partial charge in [0.25, 0.3) is 0 Å². The molecule has 1 rings (SSSR count). The summed E-state index contributed by atoms with van der Waals surface area (Å²) in [5.41, 5.74) is 1.79. The monoisotopic (exact) mass is 236 g/mol. The highest BCUT2D eigenvalue weighted by Crippen LogP contribution is 2.21. The normalized spacial score (nSPS) is 11.1. The van der Waals surface area contributed by atoms with E-state index < -0.39 is 4.92 Å². The zero-order chi connectivity index (χ0) is 12.8. The van der Waals surface area contributed by atoms with Crippen LogP contribution in [0.15, 0.2) is 24.4 Å². The number of ether oxygens (including phenoxy) is 1. The van der Waals surface area contributed by atoms with Crippen LogP contribution >= 0.6 is 0 Å². The summed E-state index contributed by atoms with van der Waals surface area (Å²) in [5.74, 6) is 0.789. The second-order valence-corrected chi connectivity index (χ2v) is 3.91. The molecule has 0 radical (unpaired) electrons. The van der Waals surface area contributed by atoms with E-state index in [9.17, 15) is 10.1 Å². The summed E-state index contributed by atoms with van der Waals surface area (Å²) in [7, 11) is 5.53. The molecule has 0 unspecified atom stereocenters. The van der Waals surface area contributed by atoms with E-state index in [0.29, 0.717) is 0 Å². The lowest BCUT2D eigenvalue weighted by Crippen LogP contribution is -2.11. The van der Waals surface area contributed by atoms with Crippen molar-refractivity contribution in [2.75, 3.05) is 21.2 Å². The number of methoxy groups -OCH3 is 1. The number of nitro groups is 1. The fraction of sp³-hybridized carbons (Fsp3) is 0.333. The minimum Gasteiger partial charge on any atom is -0.496 e. The van der Waals surface area contributed by atoms with Gasteiger partial charge in [-0.2, -0.15) is 0 Å². The average molecular weight is 236 g/mol. The summed E-state index contributed by atoms with van der Waals surface area (Å²) >= 11 is 0. The van der Waals surface area contributed by atoms with Crippen LogP contribution in [0.4, 0.5) is 0 Å². The molecule has 0 amide bonds. The van der Waals surface area contributed by atoms with Crippen molar-refractivity contribution in [3.8, 4) is 5.75 Å². The molecule has 0 saturated carbocycles. The van der Waals surface area contributed by atoms with Gasteiger partial charge >= 0.3 is 0 Å². The Morgan fingerprint density at radius 1 is 1.47 bits per heavy atom. The molecule has 0 aromatic heterocycles. The lowest BCUT2D eigenvalue weighted by atomic mass is 10.1. The molecule has 1 aromatic carbocycles. The molecule has 92 valence electrons. The third-order valence-electron chi connectivity index (χ3n) is 2.18. The SMILES string of the molecule is COc1ccc(/C=C/[N+](=O)[O-])cc1CN(C)C. The van der Waals surface area contributed by atoms with Gasteiger partial charge in [0.15, 0.2) is 0 Å². The van der Waals surface area contributed by atoms with Crippen molar-refractivity contribution in [2.24, 2.45) is 0 Å². The van der Waals surface area contributed by atoms with Crippen LogP contribution in [-0.4, -0.2) is 31.0 Å². The van der Waals surface area contributed by atoms with Gasteiger partial charge in [-0.15, -0.1) is 0 Å². The largest absolute Gasteiger partial charge is 0.496 e. The number of benzene rings is 1. The molecule has 0 aliphatic heterocycles. The van der Waals surface area contributed by atoms with E-state index in [-0.39, 0.29) is 0 Å². The van der Waals surface area contributed by atoms with Crippen molar-refractivity contribution < 1.29 is 9.66 Å². The van der Waals surface area contributed by atoms with Gasteiger partial charge in [-0.1, -0.05) is 6.07 Å². The predicted octanol–water partition coefficient (Wildman–Crippen LogP) is 2.00. The highest BCUT2D eigenvalue weighted by atomic mass is 16.6. The van der Waals surface area contributed by atoms with Crippen LogP contribution in [0.5, 0.6) is 5.75 Å². The van der Waals surface area contributed by atoms with Crippen LogP contribution in [0, 0.1) is 10.1 Å². The number of rotatable bonds is 5. The molecule has 0 heterocycles. The average Bonchev–Trinajstić information content (AvgIpc) is 2.25. The maximum Gasteiger partial charge on any atom is 0.235 e. The maximum absolute atomic E-state index is 10.2.